The Hall–Kier alpha value is -1.18. The summed E-state index contributed by atoms with van der Waals surface area (Å²) in [6.45, 7) is 2.42. The highest BCUT2D eigenvalue weighted by atomic mass is 32.2. The molecule has 3 N–H and O–H groups in total. The van der Waals surface area contributed by atoms with Crippen LogP contribution in [-0.2, 0) is 0 Å². The molecule has 1 rings (SSSR count). The van der Waals surface area contributed by atoms with Crippen molar-refractivity contribution in [3.8, 4) is 0 Å². The molecule has 0 saturated heterocycles. The van der Waals surface area contributed by atoms with Crippen molar-refractivity contribution in [2.75, 3.05) is 17.6 Å². The highest BCUT2D eigenvalue weighted by Crippen LogP contribution is 2.22. The summed E-state index contributed by atoms with van der Waals surface area (Å²) >= 11 is 0.237. The molecule has 0 aliphatic carbocycles. The van der Waals surface area contributed by atoms with E-state index >= 15 is 0 Å². The van der Waals surface area contributed by atoms with Gasteiger partial charge in [-0.05, 0) is 18.7 Å². The number of hydrogen-bond acceptors (Lipinski definition) is 6. The molecule has 0 radical (unpaired) electrons. The fourth-order valence-electron chi connectivity index (χ4n) is 0.742. The van der Waals surface area contributed by atoms with E-state index in [2.05, 4.69) is 20.3 Å². The van der Waals surface area contributed by atoms with Gasteiger partial charge in [-0.3, -0.25) is 0 Å². The SMILES string of the molecule is CCNc1nc(N)nc(SC(F)F)n1. The number of nitrogens with one attached hydrogen (secondary N) is 1. The van der Waals surface area contributed by atoms with Crippen LogP contribution in [0.2, 0.25) is 0 Å². The number of aromatic nitrogens is 3. The van der Waals surface area contributed by atoms with Gasteiger partial charge < -0.3 is 11.1 Å². The molecule has 0 aliphatic heterocycles. The quantitative estimate of drug-likeness (QED) is 0.744. The topological polar surface area (TPSA) is 76.7 Å². The van der Waals surface area contributed by atoms with Gasteiger partial charge in [-0.25, -0.2) is 0 Å². The number of hydrogen-bond donors (Lipinski definition) is 2. The van der Waals surface area contributed by atoms with Crippen LogP contribution in [0, 0.1) is 0 Å². The van der Waals surface area contributed by atoms with Gasteiger partial charge in [0, 0.05) is 6.54 Å². The zero-order chi connectivity index (χ0) is 10.6. The number of thioether (sulfide) groups is 1. The van der Waals surface area contributed by atoms with E-state index in [1.54, 1.807) is 0 Å². The molecule has 78 valence electrons. The van der Waals surface area contributed by atoms with Crippen LogP contribution in [-0.4, -0.2) is 27.3 Å². The zero-order valence-electron chi connectivity index (χ0n) is 7.37. The van der Waals surface area contributed by atoms with Crippen molar-refractivity contribution in [1.82, 2.24) is 15.0 Å². The van der Waals surface area contributed by atoms with Gasteiger partial charge in [-0.15, -0.1) is 0 Å². The fourth-order valence-corrected chi connectivity index (χ4v) is 1.19. The van der Waals surface area contributed by atoms with Crippen molar-refractivity contribution < 1.29 is 8.78 Å². The minimum atomic E-state index is -2.56. The van der Waals surface area contributed by atoms with Crippen LogP contribution >= 0.6 is 11.8 Å². The minimum Gasteiger partial charge on any atom is -0.368 e. The Morgan fingerprint density at radius 2 is 2.14 bits per heavy atom. The first-order valence-electron chi connectivity index (χ1n) is 3.82. The second-order valence-electron chi connectivity index (χ2n) is 2.21. The van der Waals surface area contributed by atoms with E-state index in [1.165, 1.54) is 0 Å². The lowest BCUT2D eigenvalue weighted by Gasteiger charge is -2.04. The Labute approximate surface area is 83.5 Å². The first kappa shape index (κ1) is 10.9. The predicted octanol–water partition coefficient (Wildman–Crippen LogP) is 1.20. The van der Waals surface area contributed by atoms with Crippen molar-refractivity contribution >= 4 is 23.7 Å². The van der Waals surface area contributed by atoms with E-state index in [0.29, 0.717) is 6.54 Å². The van der Waals surface area contributed by atoms with Gasteiger partial charge in [0.1, 0.15) is 0 Å². The van der Waals surface area contributed by atoms with Gasteiger partial charge in [0.25, 0.3) is 5.76 Å². The van der Waals surface area contributed by atoms with E-state index in [1.807, 2.05) is 6.92 Å². The number of rotatable bonds is 4. The van der Waals surface area contributed by atoms with Crippen LogP contribution in [0.1, 0.15) is 6.92 Å². The minimum absolute atomic E-state index is 0.0703. The summed E-state index contributed by atoms with van der Waals surface area (Å²) in [6, 6.07) is 0. The third-order valence-electron chi connectivity index (χ3n) is 1.16. The van der Waals surface area contributed by atoms with Crippen molar-refractivity contribution in [3.63, 3.8) is 0 Å². The number of halogens is 2. The number of nitrogen functional groups attached to an aromatic ring is 1. The summed E-state index contributed by atoms with van der Waals surface area (Å²) in [5.74, 6) is -2.42. The number of nitrogens with zero attached hydrogens (tertiary/aromatic N) is 3. The molecule has 14 heavy (non-hydrogen) atoms. The molecule has 0 fully saturated rings. The molecule has 1 aromatic rings. The summed E-state index contributed by atoms with van der Waals surface area (Å²) < 4.78 is 23.9. The number of alkyl halides is 2. The molecule has 0 aliphatic rings. The van der Waals surface area contributed by atoms with Crippen molar-refractivity contribution in [2.45, 2.75) is 17.8 Å². The Balaban J connectivity index is 2.83. The molecule has 0 atom stereocenters. The van der Waals surface area contributed by atoms with Gasteiger partial charge >= 0.3 is 0 Å². The summed E-state index contributed by atoms with van der Waals surface area (Å²) in [7, 11) is 0. The van der Waals surface area contributed by atoms with Gasteiger partial charge in [0.2, 0.25) is 11.9 Å². The average Bonchev–Trinajstić information content (AvgIpc) is 2.01. The van der Waals surface area contributed by atoms with Crippen LogP contribution in [0.5, 0.6) is 0 Å². The molecule has 8 heteroatoms. The largest absolute Gasteiger partial charge is 0.368 e. The average molecular weight is 221 g/mol. The molecule has 0 spiro atoms. The predicted molar refractivity (Wildman–Crippen MR) is 50.3 cm³/mol. The first-order valence-corrected chi connectivity index (χ1v) is 4.70. The molecule has 0 amide bonds. The van der Waals surface area contributed by atoms with Crippen molar-refractivity contribution in [1.29, 1.82) is 0 Å². The summed E-state index contributed by atoms with van der Waals surface area (Å²) in [6.07, 6.45) is 0. The normalized spacial score (nSPS) is 10.6. The van der Waals surface area contributed by atoms with Crippen molar-refractivity contribution in [2.24, 2.45) is 0 Å². The third-order valence-corrected chi connectivity index (χ3v) is 1.73. The molecular formula is C6H9F2N5S. The maximum absolute atomic E-state index is 12.0. The van der Waals surface area contributed by atoms with Crippen LogP contribution in [0.3, 0.4) is 0 Å². The summed E-state index contributed by atoms with van der Waals surface area (Å²) in [5.41, 5.74) is 5.30. The molecular weight excluding hydrogens is 212 g/mol. The van der Waals surface area contributed by atoms with E-state index in [0.717, 1.165) is 0 Å². The second-order valence-corrected chi connectivity index (χ2v) is 3.17. The Bertz CT molecular complexity index is 308. The van der Waals surface area contributed by atoms with Crippen LogP contribution in [0.15, 0.2) is 5.16 Å². The highest BCUT2D eigenvalue weighted by Gasteiger charge is 2.10. The Morgan fingerprint density at radius 3 is 2.71 bits per heavy atom. The zero-order valence-corrected chi connectivity index (χ0v) is 8.18. The van der Waals surface area contributed by atoms with Crippen LogP contribution in [0.4, 0.5) is 20.7 Å². The molecule has 5 nitrogen and oxygen atoms in total. The standard InChI is InChI=1S/C6H9F2N5S/c1-2-10-5-11-4(9)12-6(13-5)14-3(7)8/h3H,2H2,1H3,(H3,9,10,11,12,13). The monoisotopic (exact) mass is 221 g/mol. The van der Waals surface area contributed by atoms with Crippen LogP contribution in [0.25, 0.3) is 0 Å². The Kier molecular flexibility index (Phi) is 3.81. The molecule has 0 unspecified atom stereocenters. The smallest absolute Gasteiger partial charge is 0.291 e. The first-order chi connectivity index (χ1) is 6.61. The number of nitrogens with two attached hydrogens (primary N) is 1. The van der Waals surface area contributed by atoms with Gasteiger partial charge in [0.05, 0.1) is 0 Å². The lowest BCUT2D eigenvalue weighted by Crippen LogP contribution is -2.07. The molecule has 0 saturated carbocycles. The van der Waals surface area contributed by atoms with Crippen LogP contribution < -0.4 is 11.1 Å². The van der Waals surface area contributed by atoms with E-state index in [9.17, 15) is 8.78 Å². The highest BCUT2D eigenvalue weighted by molar-refractivity contribution is 7.99. The maximum Gasteiger partial charge on any atom is 0.291 e. The molecule has 0 bridgehead atoms. The lowest BCUT2D eigenvalue weighted by atomic mass is 10.7. The van der Waals surface area contributed by atoms with Gasteiger partial charge in [-0.1, -0.05) is 0 Å². The van der Waals surface area contributed by atoms with E-state index < -0.39 is 5.76 Å². The van der Waals surface area contributed by atoms with E-state index in [4.69, 9.17) is 5.73 Å². The molecule has 1 heterocycles. The molecule has 0 aromatic carbocycles. The lowest BCUT2D eigenvalue weighted by molar-refractivity contribution is 0.251. The maximum atomic E-state index is 12.0. The number of anilines is 2. The van der Waals surface area contributed by atoms with Gasteiger partial charge in [-0.2, -0.15) is 23.7 Å². The fraction of sp³-hybridized carbons (Fsp3) is 0.500. The second kappa shape index (κ2) is 4.89. The van der Waals surface area contributed by atoms with Gasteiger partial charge in [0.15, 0.2) is 5.16 Å². The summed E-state index contributed by atoms with van der Waals surface area (Å²) in [4.78, 5) is 11.0. The van der Waals surface area contributed by atoms with E-state index in [-0.39, 0.29) is 28.8 Å². The molecule has 1 aromatic heterocycles. The Morgan fingerprint density at radius 1 is 1.43 bits per heavy atom. The van der Waals surface area contributed by atoms with Crippen molar-refractivity contribution in [3.05, 3.63) is 0 Å². The third kappa shape index (κ3) is 3.29. The summed E-state index contributed by atoms with van der Waals surface area (Å²) in [5, 5.41) is 2.68.